The summed E-state index contributed by atoms with van der Waals surface area (Å²) in [5.74, 6) is -0.526. The molecule has 6 saturated heterocycles. The molecule has 0 saturated carbocycles. The van der Waals surface area contributed by atoms with Gasteiger partial charge >= 0.3 is 18.5 Å². The number of unbranched alkanes of at least 4 members (excludes halogenated alkanes) is 15. The van der Waals surface area contributed by atoms with Crippen LogP contribution >= 0.6 is 28.3 Å². The van der Waals surface area contributed by atoms with Crippen LogP contribution in [0.3, 0.4) is 0 Å². The number of amides is 6. The van der Waals surface area contributed by atoms with E-state index in [9.17, 15) is 104 Å². The summed E-state index contributed by atoms with van der Waals surface area (Å²) < 4.78 is 219. The fourth-order valence-corrected chi connectivity index (χ4v) is 22.5. The van der Waals surface area contributed by atoms with Crippen LogP contribution in [0.2, 0.25) is 0 Å². The predicted molar refractivity (Wildman–Crippen MR) is 561 cm³/mol. The van der Waals surface area contributed by atoms with Gasteiger partial charge < -0.3 is 64.5 Å². The number of carbonyl (C=O) groups is 6. The van der Waals surface area contributed by atoms with E-state index in [0.29, 0.717) is 112 Å². The molecule has 6 amide bonds. The summed E-state index contributed by atoms with van der Waals surface area (Å²) in [4.78, 5) is 93.5. The van der Waals surface area contributed by atoms with E-state index in [2.05, 4.69) is 48.4 Å². The lowest BCUT2D eigenvalue weighted by atomic mass is 9.89. The number of aliphatic hydroxyl groups is 2. The van der Waals surface area contributed by atoms with Crippen LogP contribution in [0.25, 0.3) is 12.2 Å². The Labute approximate surface area is 881 Å². The SMILES string of the molecule is C1CCOC1.C=CS(=O)(=O)N1CCC2(CC1)N=C(CCCCCCCCC(F)(F)F)NC2=O.CC(=O)N(CC1COC(C)(C)O1)c1cc(C)c(Br)c(C)c1.CC(=O)N(C[C@H](O)CO)c1cc(C)c(/C=C/S(=O)(=O)N2CCC3(CC2)N=C(CCCCCCCCC(F)(F)F)NC3=O)c(C)c1.CC(=O)N(C[C@H]1COC(C)(C)O1)c1cc(C)c(/C=C/S(=O)(=O)N2CCC3(CC2)N=C(CCCCCCCCC(F)(F)F)NC3=O)c(C)c1.Cl. The van der Waals surface area contributed by atoms with Crippen LogP contribution in [0, 0.1) is 41.5 Å². The highest BCUT2D eigenvalue weighted by Crippen LogP contribution is 2.40. The molecule has 3 atom stereocenters. The summed E-state index contributed by atoms with van der Waals surface area (Å²) in [6.07, 6.45) is 4.96. The number of sulfonamides is 3. The number of hydrogen-bond donors (Lipinski definition) is 5. The molecule has 0 radical (unpaired) electrons. The number of hydrogen-bond acceptors (Lipinski definition) is 22. The first-order chi connectivity index (χ1) is 68.7. The molecule has 1 unspecified atom stereocenters. The molecule has 3 spiro atoms. The molecule has 12 rings (SSSR count). The van der Waals surface area contributed by atoms with Gasteiger partial charge in [-0.05, 0) is 252 Å². The number of aliphatic hydroxyl groups excluding tert-OH is 2. The van der Waals surface area contributed by atoms with E-state index in [1.165, 1.54) is 56.0 Å². The van der Waals surface area contributed by atoms with E-state index in [1.54, 1.807) is 48.8 Å². The zero-order valence-corrected chi connectivity index (χ0v) is 92.4. The predicted octanol–water partition coefficient (Wildman–Crippen LogP) is 18.8. The lowest BCUT2D eigenvalue weighted by Gasteiger charge is -2.34. The van der Waals surface area contributed by atoms with Gasteiger partial charge in [-0.2, -0.15) is 52.4 Å². The number of benzene rings is 3. The van der Waals surface area contributed by atoms with Gasteiger partial charge in [0.2, 0.25) is 47.8 Å². The van der Waals surface area contributed by atoms with Crippen LogP contribution in [0.1, 0.15) is 298 Å². The normalized spacial score (nSPS) is 19.9. The lowest BCUT2D eigenvalue weighted by Crippen LogP contribution is -2.50. The number of aryl methyl sites for hydroxylation is 6. The van der Waals surface area contributed by atoms with Crippen LogP contribution in [-0.4, -0.2) is 258 Å². The third kappa shape index (κ3) is 40.0. The van der Waals surface area contributed by atoms with Gasteiger partial charge in [0.25, 0.3) is 17.7 Å². The Bertz CT molecular complexity index is 5410. The number of halogens is 11. The lowest BCUT2D eigenvalue weighted by molar-refractivity contribution is -0.138. The first-order valence-corrected chi connectivity index (χ1v) is 56.3. The molecule has 0 aromatic heterocycles. The van der Waals surface area contributed by atoms with Crippen molar-refractivity contribution in [1.82, 2.24) is 28.9 Å². The third-order valence-electron chi connectivity index (χ3n) is 27.2. The number of nitrogens with zero attached hydrogens (tertiary/aromatic N) is 9. The zero-order chi connectivity index (χ0) is 109. The second-order valence-electron chi connectivity index (χ2n) is 40.3. The fourth-order valence-electron chi connectivity index (χ4n) is 19.0. The molecule has 9 aliphatic rings. The van der Waals surface area contributed by atoms with E-state index >= 15 is 0 Å². The summed E-state index contributed by atoms with van der Waals surface area (Å²) in [5.41, 5.74) is 6.01. The molecule has 5 N–H and O–H groups in total. The number of carbonyl (C=O) groups excluding carboxylic acids is 6. The first-order valence-electron chi connectivity index (χ1n) is 51.0. The van der Waals surface area contributed by atoms with Crippen LogP contribution < -0.4 is 30.7 Å². The molecule has 0 aliphatic carbocycles. The minimum absolute atomic E-state index is 0. The Morgan fingerprint density at radius 1 is 0.466 bits per heavy atom. The van der Waals surface area contributed by atoms with Gasteiger partial charge in [-0.15, -0.1) is 12.4 Å². The summed E-state index contributed by atoms with van der Waals surface area (Å²) in [7, 11) is -11.1. The summed E-state index contributed by atoms with van der Waals surface area (Å²) >= 11 is 3.55. The Morgan fingerprint density at radius 3 is 0.986 bits per heavy atom. The number of alkyl halides is 9. The molecule has 834 valence electrons. The van der Waals surface area contributed by atoms with Crippen LogP contribution in [-0.2, 0) is 82.5 Å². The van der Waals surface area contributed by atoms with Crippen molar-refractivity contribution in [3.63, 3.8) is 0 Å². The van der Waals surface area contributed by atoms with Crippen molar-refractivity contribution >= 4 is 141 Å². The van der Waals surface area contributed by atoms with Crippen molar-refractivity contribution in [3.8, 4) is 0 Å². The molecule has 9 aliphatic heterocycles. The standard InChI is InChI=1S/C34H49F3N4O6S.C31H45F3N4O6S.C18H28F3N3O3S.C16H22BrNO3.C4H8O.ClH/c1-24-20-27(41(26(3)42)22-28-23-46-32(4,5)47-28)21-25(2)29(24)13-19-48(44,45)40-17-15-33(16-18-40)31(43)38-30(39-33)12-10-8-6-7-9-11-14-34(35,36)37;1-22-18-25(38(24(3)40)20-26(41)21-39)19-23(2)27(22)11-17-45(43,44)37-15-13-30(14-16-37)29(42)35-28(36-30)10-8-6-4-5-7-9-12-31(32,33)34;1-2-28(26,27)24-13-11-17(12-14-24)16(25)22-15(23-17)9-7-5-3-4-6-8-10-18(19,20)21;1-10-6-13(7-11(2)15(10)17)18(12(3)19)8-14-9-20-16(4,5)21-14;1-2-4-5-3-1;/h13,19-21,28H,6-12,14-18,22-23H2,1-5H3,(H,38,39,43);11,17-19,26,39,41H,4-10,12-16,20-21H2,1-3H3,(H,35,36,42);2H,1,3-14H2,(H,22,23,25);6-7,14H,8-9H2,1-5H3;1-4H2;1H/b19-13+;17-11+;;;;/t28-;26-;;;;/m00..../s1. The van der Waals surface area contributed by atoms with Gasteiger partial charge in [0.1, 0.15) is 46.3 Å². The molecule has 3 aromatic carbocycles. The highest BCUT2D eigenvalue weighted by molar-refractivity contribution is 9.10. The van der Waals surface area contributed by atoms with Crippen LogP contribution in [0.15, 0.2) is 78.7 Å². The highest BCUT2D eigenvalue weighted by Gasteiger charge is 2.51. The molecular weight excluding hydrogens is 2090 g/mol. The van der Waals surface area contributed by atoms with Crippen molar-refractivity contribution in [2.24, 2.45) is 15.0 Å². The van der Waals surface area contributed by atoms with E-state index in [-0.39, 0.29) is 151 Å². The van der Waals surface area contributed by atoms with Crippen molar-refractivity contribution < 1.29 is 127 Å². The zero-order valence-electron chi connectivity index (χ0n) is 87.6. The Balaban J connectivity index is 0.000000273. The fraction of sp³-hybridized carbons (Fsp3) is 0.680. The smallest absolute Gasteiger partial charge is 0.389 e. The van der Waals surface area contributed by atoms with Gasteiger partial charge in [0, 0.05) is 150 Å². The second-order valence-corrected chi connectivity index (χ2v) is 46.6. The average molecular weight is 2250 g/mol. The summed E-state index contributed by atoms with van der Waals surface area (Å²) in [5, 5.41) is 30.8. The van der Waals surface area contributed by atoms with Gasteiger partial charge in [0.15, 0.2) is 11.6 Å². The highest BCUT2D eigenvalue weighted by atomic mass is 79.9. The molecule has 0 bridgehead atoms. The number of piperidine rings is 3. The number of nitrogens with one attached hydrogen (secondary N) is 3. The maximum Gasteiger partial charge on any atom is 0.389 e. The van der Waals surface area contributed by atoms with E-state index < -0.39 is 109 Å². The van der Waals surface area contributed by atoms with Gasteiger partial charge in [0.05, 0.1) is 45.6 Å². The number of aliphatic imine (C=N–C) groups is 3. The van der Waals surface area contributed by atoms with E-state index in [1.807, 2.05) is 79.7 Å². The topological polar surface area (TPSA) is 384 Å². The molecule has 6 fully saturated rings. The minimum Gasteiger partial charge on any atom is -0.394 e. The monoisotopic (exact) mass is 2240 g/mol. The molecule has 148 heavy (non-hydrogen) atoms. The van der Waals surface area contributed by atoms with E-state index in [4.69, 9.17) is 28.7 Å². The largest absolute Gasteiger partial charge is 0.394 e. The van der Waals surface area contributed by atoms with Crippen molar-refractivity contribution in [1.29, 1.82) is 0 Å². The maximum atomic E-state index is 13.3. The van der Waals surface area contributed by atoms with Crippen molar-refractivity contribution in [3.05, 3.63) is 108 Å². The molecular formula is C103H153BrClF9N12O19S3. The Kier molecular flexibility index (Phi) is 48.9. The van der Waals surface area contributed by atoms with Gasteiger partial charge in [-0.1, -0.05) is 99.6 Å². The molecule has 9 heterocycles. The summed E-state index contributed by atoms with van der Waals surface area (Å²) in [6.45, 7) is 30.8. The van der Waals surface area contributed by atoms with Gasteiger partial charge in [-0.3, -0.25) is 43.7 Å². The Morgan fingerprint density at radius 2 is 0.736 bits per heavy atom. The maximum absolute atomic E-state index is 13.3. The van der Waals surface area contributed by atoms with Crippen LogP contribution in [0.4, 0.5) is 56.6 Å². The minimum atomic E-state index is -4.10. The Hall–Kier alpha value is -7.70. The first kappa shape index (κ1) is 127. The molecule has 3 aromatic rings. The third-order valence-corrected chi connectivity index (χ3v) is 33.1. The number of anilines is 3. The molecule has 45 heteroatoms. The second kappa shape index (κ2) is 56.9. The van der Waals surface area contributed by atoms with Crippen molar-refractivity contribution in [2.45, 2.75) is 361 Å². The van der Waals surface area contributed by atoms with Gasteiger partial charge in [-0.25, -0.2) is 25.3 Å². The quantitative estimate of drug-likeness (QED) is 0.0260. The number of ether oxygens (including phenoxy) is 5. The summed E-state index contributed by atoms with van der Waals surface area (Å²) in [6, 6.07) is 11.2. The van der Waals surface area contributed by atoms with E-state index in [0.717, 1.165) is 150 Å². The number of rotatable bonds is 42. The van der Waals surface area contributed by atoms with Crippen LogP contribution in [0.5, 0.6) is 0 Å². The number of amidine groups is 3. The van der Waals surface area contributed by atoms with Crippen molar-refractivity contribution in [2.75, 3.05) is 107 Å². The average Bonchev–Trinajstić information content (AvgIpc) is 1.64. The molecule has 31 nitrogen and oxygen atoms in total.